The predicted molar refractivity (Wildman–Crippen MR) is 125 cm³/mol. The van der Waals surface area contributed by atoms with Crippen LogP contribution >= 0.6 is 0 Å². The minimum atomic E-state index is 1.14. The molecule has 2 aliphatic carbocycles. The number of fused-ring (bicyclic) bond motifs is 3. The van der Waals surface area contributed by atoms with Gasteiger partial charge in [0.15, 0.2) is 0 Å². The Morgan fingerprint density at radius 2 is 1.33 bits per heavy atom. The van der Waals surface area contributed by atoms with Crippen LogP contribution in [0.15, 0.2) is 61.1 Å². The second-order valence-electron chi connectivity index (χ2n) is 8.36. The van der Waals surface area contributed by atoms with Crippen LogP contribution < -0.4 is 5.32 Å². The van der Waals surface area contributed by atoms with Gasteiger partial charge in [0.1, 0.15) is 0 Å². The number of pyridine rings is 2. The van der Waals surface area contributed by atoms with Gasteiger partial charge in [0, 0.05) is 36.5 Å². The third kappa shape index (κ3) is 5.69. The zero-order valence-electron chi connectivity index (χ0n) is 17.9. The Morgan fingerprint density at radius 1 is 0.600 bits per heavy atom. The Hall–Kier alpha value is -2.68. The number of nitrogens with one attached hydrogen (secondary N) is 1. The lowest BCUT2D eigenvalue weighted by Gasteiger charge is -2.16. The number of nitrogens with zero attached hydrogens (tertiary/aromatic N) is 2. The normalized spacial score (nSPS) is 16.1. The van der Waals surface area contributed by atoms with Gasteiger partial charge >= 0.3 is 0 Å². The standard InChI is InChI=1S/3C9H11N/c2*1-2-6-9-8(4-1)5-3-7-10-9;1-2-4-9-7-10-6-5-8(9)3-1/h3,5,7H,1-2,4,6H2;1-2,4,6,10H,3,5,7H2;5-7H,1-4H2. The van der Waals surface area contributed by atoms with E-state index in [2.05, 4.69) is 51.7 Å². The topological polar surface area (TPSA) is 37.8 Å². The lowest BCUT2D eigenvalue weighted by Crippen LogP contribution is -2.10. The van der Waals surface area contributed by atoms with Crippen LogP contribution in [0.4, 0.5) is 5.69 Å². The summed E-state index contributed by atoms with van der Waals surface area (Å²) in [4.78, 5) is 8.42. The van der Waals surface area contributed by atoms with E-state index in [0.717, 1.165) is 6.54 Å². The van der Waals surface area contributed by atoms with E-state index in [0.29, 0.717) is 0 Å². The zero-order valence-corrected chi connectivity index (χ0v) is 17.9. The number of benzene rings is 1. The van der Waals surface area contributed by atoms with Gasteiger partial charge in [-0.25, -0.2) is 0 Å². The first kappa shape index (κ1) is 20.6. The van der Waals surface area contributed by atoms with E-state index in [9.17, 15) is 0 Å². The molecule has 156 valence electrons. The van der Waals surface area contributed by atoms with E-state index in [4.69, 9.17) is 0 Å². The average Bonchev–Trinajstić information content (AvgIpc) is 2.85. The Morgan fingerprint density at radius 3 is 2.17 bits per heavy atom. The number of hydrogen-bond donors (Lipinski definition) is 1. The molecule has 0 saturated heterocycles. The van der Waals surface area contributed by atoms with Crippen molar-refractivity contribution in [2.24, 2.45) is 0 Å². The van der Waals surface area contributed by atoms with Crippen LogP contribution in [0.1, 0.15) is 60.1 Å². The number of para-hydroxylation sites is 1. The van der Waals surface area contributed by atoms with Crippen LogP contribution in [0.2, 0.25) is 0 Å². The SMILES string of the molecule is c1cc2c(cn1)CCCC2.c1ccc2c(c1)CCCN2.c1cnc2c(c1)CCCC2. The molecule has 1 N–H and O–H groups in total. The number of hydrogen-bond acceptors (Lipinski definition) is 3. The molecule has 3 nitrogen and oxygen atoms in total. The second kappa shape index (κ2) is 10.9. The Labute approximate surface area is 181 Å². The highest BCUT2D eigenvalue weighted by Crippen LogP contribution is 2.20. The maximum absolute atomic E-state index is 4.32. The lowest BCUT2D eigenvalue weighted by molar-refractivity contribution is 0.668. The van der Waals surface area contributed by atoms with Crippen LogP contribution in [0.5, 0.6) is 0 Å². The van der Waals surface area contributed by atoms with Crippen molar-refractivity contribution in [3.8, 4) is 0 Å². The molecule has 0 bridgehead atoms. The third-order valence-corrected chi connectivity index (χ3v) is 6.20. The summed E-state index contributed by atoms with van der Waals surface area (Å²) in [7, 11) is 0. The van der Waals surface area contributed by atoms with Crippen LogP contribution in [-0.4, -0.2) is 16.5 Å². The molecular weight excluding hydrogens is 366 g/mol. The minimum absolute atomic E-state index is 1.14. The molecule has 0 amide bonds. The maximum Gasteiger partial charge on any atom is 0.0435 e. The highest BCUT2D eigenvalue weighted by Gasteiger charge is 2.08. The summed E-state index contributed by atoms with van der Waals surface area (Å²) in [5.41, 5.74) is 8.57. The predicted octanol–water partition coefficient (Wildman–Crippen LogP) is 5.97. The van der Waals surface area contributed by atoms with Crippen molar-refractivity contribution >= 4 is 5.69 Å². The van der Waals surface area contributed by atoms with Gasteiger partial charge in [-0.2, -0.15) is 0 Å². The fourth-order valence-electron chi connectivity index (χ4n) is 4.50. The van der Waals surface area contributed by atoms with Crippen LogP contribution in [0.3, 0.4) is 0 Å². The molecule has 0 atom stereocenters. The fourth-order valence-corrected chi connectivity index (χ4v) is 4.50. The van der Waals surface area contributed by atoms with E-state index < -0.39 is 0 Å². The molecule has 0 spiro atoms. The van der Waals surface area contributed by atoms with Crippen LogP contribution in [-0.2, 0) is 32.1 Å². The number of rotatable bonds is 0. The van der Waals surface area contributed by atoms with E-state index in [-0.39, 0.29) is 0 Å². The summed E-state index contributed by atoms with van der Waals surface area (Å²) < 4.78 is 0. The molecule has 6 rings (SSSR count). The van der Waals surface area contributed by atoms with E-state index >= 15 is 0 Å². The monoisotopic (exact) mass is 399 g/mol. The van der Waals surface area contributed by atoms with Crippen LogP contribution in [0, 0.1) is 0 Å². The molecule has 1 aromatic carbocycles. The molecule has 3 aromatic rings. The first-order valence-corrected chi connectivity index (χ1v) is 11.6. The van der Waals surface area contributed by atoms with Crippen molar-refractivity contribution in [1.29, 1.82) is 0 Å². The van der Waals surface area contributed by atoms with Gasteiger partial charge in [-0.1, -0.05) is 24.3 Å². The molecule has 0 unspecified atom stereocenters. The van der Waals surface area contributed by atoms with Gasteiger partial charge in [-0.15, -0.1) is 0 Å². The first-order valence-electron chi connectivity index (χ1n) is 11.6. The molecule has 0 fully saturated rings. The Kier molecular flexibility index (Phi) is 7.49. The summed E-state index contributed by atoms with van der Waals surface area (Å²) in [5.74, 6) is 0. The number of aromatic nitrogens is 2. The molecule has 3 aliphatic rings. The largest absolute Gasteiger partial charge is 0.385 e. The highest BCUT2D eigenvalue weighted by atomic mass is 14.9. The van der Waals surface area contributed by atoms with Gasteiger partial charge in [0.2, 0.25) is 0 Å². The molecule has 2 aromatic heterocycles. The molecule has 0 saturated carbocycles. The summed E-state index contributed by atoms with van der Waals surface area (Å²) in [6.07, 6.45) is 18.6. The maximum atomic E-state index is 4.32. The average molecular weight is 400 g/mol. The summed E-state index contributed by atoms with van der Waals surface area (Å²) in [6, 6.07) is 14.9. The molecule has 1 aliphatic heterocycles. The van der Waals surface area contributed by atoms with Crippen LogP contribution in [0.25, 0.3) is 0 Å². The molecule has 0 radical (unpaired) electrons. The highest BCUT2D eigenvalue weighted by molar-refractivity contribution is 5.52. The van der Waals surface area contributed by atoms with Gasteiger partial charge in [-0.3, -0.25) is 9.97 Å². The molecule has 30 heavy (non-hydrogen) atoms. The van der Waals surface area contributed by atoms with E-state index in [1.807, 2.05) is 24.7 Å². The summed E-state index contributed by atoms with van der Waals surface area (Å²) in [5, 5.41) is 3.36. The van der Waals surface area contributed by atoms with Crippen molar-refractivity contribution in [2.75, 3.05) is 11.9 Å². The van der Waals surface area contributed by atoms with Gasteiger partial charge in [0.25, 0.3) is 0 Å². The lowest BCUT2D eigenvalue weighted by atomic mass is 9.94. The van der Waals surface area contributed by atoms with E-state index in [1.54, 1.807) is 0 Å². The molecular formula is C27H33N3. The van der Waals surface area contributed by atoms with Gasteiger partial charge in [-0.05, 0) is 105 Å². The van der Waals surface area contributed by atoms with Crippen molar-refractivity contribution in [1.82, 2.24) is 9.97 Å². The number of anilines is 1. The summed E-state index contributed by atoms with van der Waals surface area (Å²) >= 11 is 0. The zero-order chi connectivity index (χ0) is 20.4. The van der Waals surface area contributed by atoms with Crippen molar-refractivity contribution in [3.63, 3.8) is 0 Å². The quantitative estimate of drug-likeness (QED) is 0.506. The molecule has 3 heterocycles. The second-order valence-corrected chi connectivity index (χ2v) is 8.36. The van der Waals surface area contributed by atoms with Gasteiger partial charge < -0.3 is 5.32 Å². The van der Waals surface area contributed by atoms with Crippen molar-refractivity contribution in [3.05, 3.63) is 89.0 Å². The fraction of sp³-hybridized carbons (Fsp3) is 0.407. The van der Waals surface area contributed by atoms with E-state index in [1.165, 1.54) is 97.8 Å². The minimum Gasteiger partial charge on any atom is -0.385 e. The molecule has 3 heteroatoms. The van der Waals surface area contributed by atoms with Crippen molar-refractivity contribution < 1.29 is 0 Å². The Bertz CT molecular complexity index is 737. The Balaban J connectivity index is 0.000000109. The van der Waals surface area contributed by atoms with Gasteiger partial charge in [0.05, 0.1) is 0 Å². The number of aryl methyl sites for hydroxylation is 5. The first-order chi connectivity index (χ1) is 14.9. The smallest absolute Gasteiger partial charge is 0.0435 e. The third-order valence-electron chi connectivity index (χ3n) is 6.20. The van der Waals surface area contributed by atoms with Crippen molar-refractivity contribution in [2.45, 2.75) is 64.2 Å². The summed E-state index contributed by atoms with van der Waals surface area (Å²) in [6.45, 7) is 1.14.